The standard InChI is InChI=1S/C31H37N7O3S/c1-20-24-17-33-38(27(24)15-26(34-20)25-16-32-10-5-28(25)41-3)30-14-23(37-18-22(21(37)2)19-42(4,39)40)13-29(35-30)36-11-8-31(6-7-31)9-12-36/h5,10,13-17,21-22H,6-9,11-12,18-19H2,1-4H3/t21-,22-/m1/s1. The maximum Gasteiger partial charge on any atom is 0.158 e. The fraction of sp³-hybridized carbons (Fsp3) is 0.484. The molecule has 3 fully saturated rings. The van der Waals surface area contributed by atoms with Gasteiger partial charge < -0.3 is 14.5 Å². The van der Waals surface area contributed by atoms with Crippen LogP contribution in [0.15, 0.2) is 42.9 Å². The molecule has 7 rings (SSSR count). The smallest absolute Gasteiger partial charge is 0.158 e. The number of aromatic nitrogens is 5. The van der Waals surface area contributed by atoms with Gasteiger partial charge in [-0.25, -0.2) is 18.1 Å². The maximum absolute atomic E-state index is 12.0. The van der Waals surface area contributed by atoms with Gasteiger partial charge in [-0.1, -0.05) is 0 Å². The lowest BCUT2D eigenvalue weighted by molar-refractivity contribution is 0.341. The van der Waals surface area contributed by atoms with Gasteiger partial charge in [0.25, 0.3) is 0 Å². The number of pyridine rings is 3. The number of aryl methyl sites for hydroxylation is 1. The summed E-state index contributed by atoms with van der Waals surface area (Å²) >= 11 is 0. The number of sulfone groups is 1. The number of ether oxygens (including phenoxy) is 1. The first-order chi connectivity index (χ1) is 20.1. The van der Waals surface area contributed by atoms with Gasteiger partial charge in [-0.3, -0.25) is 9.97 Å². The second kappa shape index (κ2) is 9.93. The van der Waals surface area contributed by atoms with Crippen molar-refractivity contribution in [3.8, 4) is 22.8 Å². The van der Waals surface area contributed by atoms with E-state index in [1.165, 1.54) is 31.9 Å². The molecule has 2 saturated heterocycles. The number of anilines is 2. The van der Waals surface area contributed by atoms with Crippen molar-refractivity contribution in [2.24, 2.45) is 11.3 Å². The van der Waals surface area contributed by atoms with Crippen molar-refractivity contribution < 1.29 is 13.2 Å². The molecular weight excluding hydrogens is 550 g/mol. The SMILES string of the molecule is COc1ccncc1-c1cc2c(cnn2-c2cc(N3C[C@H](CS(C)(=O)=O)[C@H]3C)cc(N3CCC4(CC3)CC4)n2)c(C)n1. The minimum absolute atomic E-state index is 0.112. The van der Waals surface area contributed by atoms with Gasteiger partial charge in [0.2, 0.25) is 0 Å². The van der Waals surface area contributed by atoms with Crippen LogP contribution < -0.4 is 14.5 Å². The summed E-state index contributed by atoms with van der Waals surface area (Å²) in [5.74, 6) is 2.71. The fourth-order valence-corrected chi connectivity index (χ4v) is 7.83. The van der Waals surface area contributed by atoms with Crippen molar-refractivity contribution in [3.05, 3.63) is 48.5 Å². The molecular formula is C31H37N7O3S. The number of nitrogens with zero attached hydrogens (tertiary/aromatic N) is 7. The van der Waals surface area contributed by atoms with E-state index in [2.05, 4.69) is 33.8 Å². The summed E-state index contributed by atoms with van der Waals surface area (Å²) in [6, 6.07) is 8.22. The van der Waals surface area contributed by atoms with E-state index in [1.807, 2.05) is 29.9 Å². The van der Waals surface area contributed by atoms with Gasteiger partial charge >= 0.3 is 0 Å². The molecule has 1 aliphatic carbocycles. The van der Waals surface area contributed by atoms with E-state index in [4.69, 9.17) is 19.8 Å². The molecule has 1 saturated carbocycles. The number of rotatable bonds is 7. The van der Waals surface area contributed by atoms with Crippen molar-refractivity contribution in [2.75, 3.05) is 48.6 Å². The second-order valence-corrected chi connectivity index (χ2v) is 14.6. The summed E-state index contributed by atoms with van der Waals surface area (Å²) in [7, 11) is -1.39. The molecule has 6 heterocycles. The van der Waals surface area contributed by atoms with Crippen molar-refractivity contribution in [3.63, 3.8) is 0 Å². The van der Waals surface area contributed by atoms with E-state index in [0.717, 1.165) is 58.3 Å². The normalized spacial score (nSPS) is 21.5. The monoisotopic (exact) mass is 587 g/mol. The molecule has 42 heavy (non-hydrogen) atoms. The van der Waals surface area contributed by atoms with Crippen LogP contribution in [0.4, 0.5) is 11.5 Å². The molecule has 0 radical (unpaired) electrons. The molecule has 4 aromatic rings. The summed E-state index contributed by atoms with van der Waals surface area (Å²) in [5.41, 5.74) is 4.95. The quantitative estimate of drug-likeness (QED) is 0.310. The molecule has 4 aromatic heterocycles. The Bertz CT molecular complexity index is 1770. The van der Waals surface area contributed by atoms with E-state index in [9.17, 15) is 8.42 Å². The van der Waals surface area contributed by atoms with Gasteiger partial charge in [-0.05, 0) is 57.1 Å². The largest absolute Gasteiger partial charge is 0.496 e. The molecule has 0 N–H and O–H groups in total. The molecule has 1 spiro atoms. The Labute approximate surface area is 246 Å². The second-order valence-electron chi connectivity index (χ2n) is 12.4. The Balaban J connectivity index is 1.30. The summed E-state index contributed by atoms with van der Waals surface area (Å²) in [4.78, 5) is 19.0. The molecule has 0 bridgehead atoms. The molecule has 0 amide bonds. The lowest BCUT2D eigenvalue weighted by atomic mass is 9.91. The fourth-order valence-electron chi connectivity index (χ4n) is 6.67. The van der Waals surface area contributed by atoms with E-state index >= 15 is 0 Å². The van der Waals surface area contributed by atoms with Crippen LogP contribution in [-0.4, -0.2) is 77.9 Å². The zero-order valence-electron chi connectivity index (χ0n) is 24.6. The third-order valence-corrected chi connectivity index (χ3v) is 10.6. The van der Waals surface area contributed by atoms with Gasteiger partial charge in [0.05, 0.1) is 35.8 Å². The average Bonchev–Trinajstić information content (AvgIpc) is 3.58. The first-order valence-corrected chi connectivity index (χ1v) is 16.7. The van der Waals surface area contributed by atoms with Gasteiger partial charge in [-0.2, -0.15) is 5.10 Å². The molecule has 220 valence electrons. The molecule has 11 heteroatoms. The Kier molecular flexibility index (Phi) is 6.41. The number of hydrogen-bond acceptors (Lipinski definition) is 9. The molecule has 2 atom stereocenters. The zero-order chi connectivity index (χ0) is 29.2. The highest BCUT2D eigenvalue weighted by Gasteiger charge is 2.45. The zero-order valence-corrected chi connectivity index (χ0v) is 25.4. The minimum atomic E-state index is -3.04. The highest BCUT2D eigenvalue weighted by Crippen LogP contribution is 2.54. The average molecular weight is 588 g/mol. The van der Waals surface area contributed by atoms with Gasteiger partial charge in [-0.15, -0.1) is 0 Å². The lowest BCUT2D eigenvalue weighted by Gasteiger charge is -2.48. The van der Waals surface area contributed by atoms with Crippen LogP contribution >= 0.6 is 0 Å². The molecule has 10 nitrogen and oxygen atoms in total. The lowest BCUT2D eigenvalue weighted by Crippen LogP contribution is -2.57. The first-order valence-electron chi connectivity index (χ1n) is 14.7. The molecule has 0 aromatic carbocycles. The predicted molar refractivity (Wildman–Crippen MR) is 164 cm³/mol. The van der Waals surface area contributed by atoms with Crippen LogP contribution in [-0.2, 0) is 9.84 Å². The van der Waals surface area contributed by atoms with Crippen LogP contribution in [0.25, 0.3) is 28.0 Å². The van der Waals surface area contributed by atoms with Crippen LogP contribution in [0.5, 0.6) is 5.75 Å². The van der Waals surface area contributed by atoms with E-state index in [1.54, 1.807) is 19.5 Å². The molecule has 3 aliphatic rings. The van der Waals surface area contributed by atoms with Crippen LogP contribution in [0.3, 0.4) is 0 Å². The van der Waals surface area contributed by atoms with Crippen molar-refractivity contribution in [1.29, 1.82) is 0 Å². The van der Waals surface area contributed by atoms with E-state index in [-0.39, 0.29) is 17.7 Å². The summed E-state index contributed by atoms with van der Waals surface area (Å²) in [5, 5.41) is 5.75. The Morgan fingerprint density at radius 2 is 1.81 bits per heavy atom. The number of fused-ring (bicyclic) bond motifs is 1. The number of piperidine rings is 1. The van der Waals surface area contributed by atoms with Crippen LogP contribution in [0.2, 0.25) is 0 Å². The van der Waals surface area contributed by atoms with Gasteiger partial charge in [0, 0.05) is 79.1 Å². The van der Waals surface area contributed by atoms with E-state index in [0.29, 0.717) is 17.7 Å². The Hall–Kier alpha value is -3.73. The predicted octanol–water partition coefficient (Wildman–Crippen LogP) is 4.44. The molecule has 0 unspecified atom stereocenters. The summed E-state index contributed by atoms with van der Waals surface area (Å²) in [6.45, 7) is 6.80. The highest BCUT2D eigenvalue weighted by atomic mass is 32.2. The first kappa shape index (κ1) is 27.1. The van der Waals surface area contributed by atoms with Crippen LogP contribution in [0.1, 0.15) is 38.3 Å². The maximum atomic E-state index is 12.0. The number of methoxy groups -OCH3 is 1. The third-order valence-electron chi connectivity index (χ3n) is 9.59. The minimum Gasteiger partial charge on any atom is -0.496 e. The van der Waals surface area contributed by atoms with Crippen molar-refractivity contribution in [2.45, 2.75) is 45.6 Å². The number of hydrogen-bond donors (Lipinski definition) is 0. The topological polar surface area (TPSA) is 106 Å². The summed E-state index contributed by atoms with van der Waals surface area (Å²) in [6.07, 6.45) is 11.8. The van der Waals surface area contributed by atoms with Gasteiger partial charge in [0.15, 0.2) is 5.82 Å². The van der Waals surface area contributed by atoms with E-state index < -0.39 is 9.84 Å². The third kappa shape index (κ3) is 4.87. The van der Waals surface area contributed by atoms with Crippen molar-refractivity contribution in [1.82, 2.24) is 24.7 Å². The Morgan fingerprint density at radius 3 is 2.50 bits per heavy atom. The molecule has 2 aliphatic heterocycles. The van der Waals surface area contributed by atoms with Crippen LogP contribution in [0, 0.1) is 18.3 Å². The Morgan fingerprint density at radius 1 is 1.05 bits per heavy atom. The summed E-state index contributed by atoms with van der Waals surface area (Å²) < 4.78 is 31.5. The van der Waals surface area contributed by atoms with Crippen molar-refractivity contribution >= 4 is 32.2 Å². The highest BCUT2D eigenvalue weighted by molar-refractivity contribution is 7.90. The van der Waals surface area contributed by atoms with Gasteiger partial charge in [0.1, 0.15) is 21.4 Å².